The number of fused-ring (bicyclic) bond motifs is 1. The molecule has 1 fully saturated rings. The van der Waals surface area contributed by atoms with Gasteiger partial charge in [-0.3, -0.25) is 4.90 Å². The van der Waals surface area contributed by atoms with Gasteiger partial charge in [-0.2, -0.15) is 0 Å². The van der Waals surface area contributed by atoms with E-state index in [0.717, 1.165) is 48.1 Å². The third kappa shape index (κ3) is 5.07. The first-order chi connectivity index (χ1) is 17.7. The van der Waals surface area contributed by atoms with Crippen LogP contribution in [0.15, 0.2) is 66.7 Å². The van der Waals surface area contributed by atoms with Crippen LogP contribution in [0.25, 0.3) is 11.1 Å². The zero-order chi connectivity index (χ0) is 24.9. The van der Waals surface area contributed by atoms with E-state index in [9.17, 15) is 0 Å². The van der Waals surface area contributed by atoms with E-state index in [1.807, 2.05) is 30.3 Å². The van der Waals surface area contributed by atoms with Crippen LogP contribution in [0.2, 0.25) is 0 Å². The summed E-state index contributed by atoms with van der Waals surface area (Å²) in [6.45, 7) is 2.58. The molecule has 188 valence electrons. The van der Waals surface area contributed by atoms with Crippen LogP contribution in [0.3, 0.4) is 0 Å². The molecule has 0 radical (unpaired) electrons. The molecule has 2 aliphatic heterocycles. The van der Waals surface area contributed by atoms with Crippen LogP contribution in [-0.2, 0) is 6.61 Å². The lowest BCUT2D eigenvalue weighted by Crippen LogP contribution is -2.43. The molecule has 5 heteroatoms. The molecule has 0 saturated carbocycles. The number of hydrogen-bond acceptors (Lipinski definition) is 5. The van der Waals surface area contributed by atoms with Gasteiger partial charge in [-0.1, -0.05) is 48.9 Å². The Morgan fingerprint density at radius 2 is 1.39 bits per heavy atom. The van der Waals surface area contributed by atoms with E-state index in [0.29, 0.717) is 12.6 Å². The van der Waals surface area contributed by atoms with Gasteiger partial charge in [0.1, 0.15) is 6.61 Å². The van der Waals surface area contributed by atoms with Crippen LogP contribution in [-0.4, -0.2) is 45.4 Å². The first kappa shape index (κ1) is 24.3. The van der Waals surface area contributed by atoms with Crippen molar-refractivity contribution in [1.82, 2.24) is 4.90 Å². The molecule has 5 rings (SSSR count). The lowest BCUT2D eigenvalue weighted by molar-refractivity contribution is 0.165. The Hall–Kier alpha value is -3.44. The molecule has 5 nitrogen and oxygen atoms in total. The zero-order valence-electron chi connectivity index (χ0n) is 21.5. The first-order valence-corrected chi connectivity index (χ1v) is 12.7. The maximum absolute atomic E-state index is 6.26. The molecule has 0 bridgehead atoms. The van der Waals surface area contributed by atoms with E-state index in [4.69, 9.17) is 18.9 Å². The number of nitrogens with zero attached hydrogens (tertiary/aromatic N) is 1. The standard InChI is InChI=1S/C31H35NO4/c1-33-28-14-12-23(17-30(28)35-3)26-19-25-11-7-8-16-32(25)20-27(26)24-13-15-29(34-2)31(18-24)36-21-22-9-5-4-6-10-22/h4-6,9-10,12-15,17-18,25H,7-8,11,16,19-21H2,1-3H3. The van der Waals surface area contributed by atoms with Crippen LogP contribution in [0, 0.1) is 0 Å². The Morgan fingerprint density at radius 1 is 0.722 bits per heavy atom. The number of rotatable bonds is 8. The average molecular weight is 486 g/mol. The molecule has 3 aromatic rings. The van der Waals surface area contributed by atoms with Gasteiger partial charge >= 0.3 is 0 Å². The third-order valence-electron chi connectivity index (χ3n) is 7.40. The SMILES string of the molecule is COc1ccc(C2=C(c3ccc(OC)c(OCc4ccccc4)c3)CN3CCCCC3C2)cc1OC. The van der Waals surface area contributed by atoms with Gasteiger partial charge in [0.05, 0.1) is 21.3 Å². The molecule has 1 saturated heterocycles. The summed E-state index contributed by atoms with van der Waals surface area (Å²) in [7, 11) is 5.06. The predicted molar refractivity (Wildman–Crippen MR) is 144 cm³/mol. The summed E-state index contributed by atoms with van der Waals surface area (Å²) >= 11 is 0. The molecule has 1 atom stereocenters. The Labute approximate surface area is 214 Å². The molecule has 0 aromatic heterocycles. The van der Waals surface area contributed by atoms with Crippen molar-refractivity contribution in [2.45, 2.75) is 38.3 Å². The Morgan fingerprint density at radius 3 is 2.11 bits per heavy atom. The normalized spacial score (nSPS) is 17.9. The van der Waals surface area contributed by atoms with E-state index in [2.05, 4.69) is 41.3 Å². The number of methoxy groups -OCH3 is 3. The van der Waals surface area contributed by atoms with Gasteiger partial charge in [0, 0.05) is 12.6 Å². The molecule has 2 aliphatic rings. The number of ether oxygens (including phenoxy) is 4. The molecule has 0 amide bonds. The van der Waals surface area contributed by atoms with Crippen molar-refractivity contribution in [3.05, 3.63) is 83.4 Å². The molecule has 0 spiro atoms. The fourth-order valence-corrected chi connectivity index (χ4v) is 5.45. The van der Waals surface area contributed by atoms with Crippen molar-refractivity contribution in [2.75, 3.05) is 34.4 Å². The van der Waals surface area contributed by atoms with Crippen molar-refractivity contribution in [3.8, 4) is 23.0 Å². The number of hydrogen-bond donors (Lipinski definition) is 0. The topological polar surface area (TPSA) is 40.2 Å². The second-order valence-corrected chi connectivity index (χ2v) is 9.49. The molecule has 2 heterocycles. The zero-order valence-corrected chi connectivity index (χ0v) is 21.5. The molecule has 36 heavy (non-hydrogen) atoms. The second-order valence-electron chi connectivity index (χ2n) is 9.49. The molecular weight excluding hydrogens is 450 g/mol. The van der Waals surface area contributed by atoms with E-state index >= 15 is 0 Å². The van der Waals surface area contributed by atoms with Crippen LogP contribution in [0.4, 0.5) is 0 Å². The summed E-state index contributed by atoms with van der Waals surface area (Å²) in [6, 6.07) is 23.4. The summed E-state index contributed by atoms with van der Waals surface area (Å²) in [5.41, 5.74) is 6.21. The quantitative estimate of drug-likeness (QED) is 0.366. The van der Waals surface area contributed by atoms with Crippen molar-refractivity contribution in [2.24, 2.45) is 0 Å². The maximum atomic E-state index is 6.26. The largest absolute Gasteiger partial charge is 0.493 e. The summed E-state index contributed by atoms with van der Waals surface area (Å²) in [5, 5.41) is 0. The number of benzene rings is 3. The highest BCUT2D eigenvalue weighted by atomic mass is 16.5. The maximum Gasteiger partial charge on any atom is 0.162 e. The van der Waals surface area contributed by atoms with Gasteiger partial charge in [-0.25, -0.2) is 0 Å². The molecule has 3 aromatic carbocycles. The van der Waals surface area contributed by atoms with Crippen LogP contribution in [0.1, 0.15) is 42.4 Å². The van der Waals surface area contributed by atoms with Gasteiger partial charge in [0.15, 0.2) is 23.0 Å². The van der Waals surface area contributed by atoms with Crippen molar-refractivity contribution in [3.63, 3.8) is 0 Å². The average Bonchev–Trinajstić information content (AvgIpc) is 2.95. The highest BCUT2D eigenvalue weighted by molar-refractivity contribution is 5.93. The molecule has 0 aliphatic carbocycles. The van der Waals surface area contributed by atoms with Gasteiger partial charge in [0.2, 0.25) is 0 Å². The van der Waals surface area contributed by atoms with E-state index in [1.54, 1.807) is 21.3 Å². The van der Waals surface area contributed by atoms with Gasteiger partial charge in [-0.15, -0.1) is 0 Å². The van der Waals surface area contributed by atoms with Crippen molar-refractivity contribution >= 4 is 11.1 Å². The summed E-state index contributed by atoms with van der Waals surface area (Å²) < 4.78 is 23.1. The van der Waals surface area contributed by atoms with E-state index in [1.165, 1.54) is 41.5 Å². The first-order valence-electron chi connectivity index (χ1n) is 12.7. The minimum Gasteiger partial charge on any atom is -0.493 e. The van der Waals surface area contributed by atoms with Crippen LogP contribution >= 0.6 is 0 Å². The highest BCUT2D eigenvalue weighted by Gasteiger charge is 2.31. The Kier molecular flexibility index (Phi) is 7.47. The van der Waals surface area contributed by atoms with Crippen molar-refractivity contribution < 1.29 is 18.9 Å². The van der Waals surface area contributed by atoms with E-state index < -0.39 is 0 Å². The lowest BCUT2D eigenvalue weighted by atomic mass is 9.82. The van der Waals surface area contributed by atoms with Crippen LogP contribution in [0.5, 0.6) is 23.0 Å². The van der Waals surface area contributed by atoms with Crippen molar-refractivity contribution in [1.29, 1.82) is 0 Å². The van der Waals surface area contributed by atoms with Gasteiger partial charge in [0.25, 0.3) is 0 Å². The summed E-state index contributed by atoms with van der Waals surface area (Å²) in [6.07, 6.45) is 4.84. The third-order valence-corrected chi connectivity index (χ3v) is 7.40. The summed E-state index contributed by atoms with van der Waals surface area (Å²) in [4.78, 5) is 2.65. The highest BCUT2D eigenvalue weighted by Crippen LogP contribution is 2.43. The lowest BCUT2D eigenvalue weighted by Gasteiger charge is -2.41. The number of piperidine rings is 1. The Balaban J connectivity index is 1.55. The molecule has 1 unspecified atom stereocenters. The van der Waals surface area contributed by atoms with Gasteiger partial charge in [-0.05, 0) is 77.9 Å². The minimum atomic E-state index is 0.496. The fraction of sp³-hybridized carbons (Fsp3) is 0.355. The predicted octanol–water partition coefficient (Wildman–Crippen LogP) is 6.46. The monoisotopic (exact) mass is 485 g/mol. The van der Waals surface area contributed by atoms with Gasteiger partial charge < -0.3 is 18.9 Å². The second kappa shape index (κ2) is 11.1. The minimum absolute atomic E-state index is 0.496. The molecular formula is C31H35NO4. The fourth-order valence-electron chi connectivity index (χ4n) is 5.45. The molecule has 0 N–H and O–H groups in total. The van der Waals surface area contributed by atoms with Crippen LogP contribution < -0.4 is 18.9 Å². The summed E-state index contributed by atoms with van der Waals surface area (Å²) in [5.74, 6) is 3.02. The Bertz CT molecular complexity index is 1220. The smallest absolute Gasteiger partial charge is 0.162 e. The van der Waals surface area contributed by atoms with E-state index in [-0.39, 0.29) is 0 Å².